The van der Waals surface area contributed by atoms with E-state index in [0.29, 0.717) is 28.6 Å². The molecular weight excluding hydrogens is 503 g/mol. The van der Waals surface area contributed by atoms with Crippen LogP contribution < -0.4 is 25.6 Å². The number of rotatable bonds is 6. The van der Waals surface area contributed by atoms with Gasteiger partial charge in [0.2, 0.25) is 5.95 Å². The maximum atomic E-state index is 14.6. The number of ether oxygens (including phenoxy) is 1. The summed E-state index contributed by atoms with van der Waals surface area (Å²) in [6.45, 7) is 5.63. The van der Waals surface area contributed by atoms with Crippen LogP contribution in [0.25, 0.3) is 0 Å². The molecule has 0 bridgehead atoms. The lowest BCUT2D eigenvalue weighted by Gasteiger charge is -2.36. The van der Waals surface area contributed by atoms with Gasteiger partial charge in [-0.3, -0.25) is 4.79 Å². The van der Waals surface area contributed by atoms with E-state index in [9.17, 15) is 9.18 Å². The maximum absolute atomic E-state index is 14.6. The molecule has 2 atom stereocenters. The first-order chi connectivity index (χ1) is 16.3. The number of piperazine rings is 1. The second-order valence-electron chi connectivity index (χ2n) is 8.24. The predicted molar refractivity (Wildman–Crippen MR) is 135 cm³/mol. The number of amides is 1. The summed E-state index contributed by atoms with van der Waals surface area (Å²) in [6, 6.07) is 12.7. The third-order valence-corrected chi connectivity index (χ3v) is 5.86. The van der Waals surface area contributed by atoms with Gasteiger partial charge < -0.3 is 25.6 Å². The first-order valence-corrected chi connectivity index (χ1v) is 11.7. The van der Waals surface area contributed by atoms with Crippen LogP contribution in [0.4, 0.5) is 27.5 Å². The molecule has 0 saturated carbocycles. The van der Waals surface area contributed by atoms with Crippen molar-refractivity contribution in [1.82, 2.24) is 15.3 Å². The molecule has 4 rings (SSSR count). The third kappa shape index (κ3) is 5.63. The van der Waals surface area contributed by atoms with Crippen molar-refractivity contribution >= 4 is 45.0 Å². The summed E-state index contributed by atoms with van der Waals surface area (Å²) in [5.74, 6) is 0.116. The zero-order chi connectivity index (χ0) is 24.2. The lowest BCUT2D eigenvalue weighted by Crippen LogP contribution is -2.54. The molecule has 10 heteroatoms. The number of nitrogens with one attached hydrogen (secondary N) is 3. The number of halogens is 2. The molecule has 178 valence electrons. The van der Waals surface area contributed by atoms with Crippen LogP contribution in [0.2, 0.25) is 0 Å². The second kappa shape index (κ2) is 10.4. The Hall–Kier alpha value is -3.24. The lowest BCUT2D eigenvalue weighted by molar-refractivity contribution is 0.102. The van der Waals surface area contributed by atoms with Gasteiger partial charge in [-0.25, -0.2) is 9.37 Å². The number of hydrogen-bond donors (Lipinski definition) is 3. The zero-order valence-electron chi connectivity index (χ0n) is 19.1. The summed E-state index contributed by atoms with van der Waals surface area (Å²) in [4.78, 5) is 23.4. The van der Waals surface area contributed by atoms with E-state index in [1.807, 2.05) is 11.0 Å². The van der Waals surface area contributed by atoms with Crippen molar-refractivity contribution in [3.63, 3.8) is 0 Å². The van der Waals surface area contributed by atoms with Gasteiger partial charge in [-0.05, 0) is 50.2 Å². The Bertz CT molecular complexity index is 1180. The van der Waals surface area contributed by atoms with Crippen molar-refractivity contribution in [1.29, 1.82) is 0 Å². The molecule has 3 aromatic rings. The highest BCUT2D eigenvalue weighted by Gasteiger charge is 2.23. The van der Waals surface area contributed by atoms with Gasteiger partial charge in [0.25, 0.3) is 5.91 Å². The molecule has 2 heterocycles. The molecule has 1 amide bonds. The Morgan fingerprint density at radius 3 is 2.68 bits per heavy atom. The molecule has 3 N–H and O–H groups in total. The predicted octanol–water partition coefficient (Wildman–Crippen LogP) is 4.57. The van der Waals surface area contributed by atoms with Crippen molar-refractivity contribution in [2.24, 2.45) is 0 Å². The summed E-state index contributed by atoms with van der Waals surface area (Å²) in [7, 11) is 1.52. The van der Waals surface area contributed by atoms with Crippen molar-refractivity contribution < 1.29 is 13.9 Å². The van der Waals surface area contributed by atoms with E-state index in [4.69, 9.17) is 4.74 Å². The third-order valence-electron chi connectivity index (χ3n) is 5.37. The molecule has 1 saturated heterocycles. The Morgan fingerprint density at radius 1 is 1.21 bits per heavy atom. The molecule has 1 aliphatic heterocycles. The van der Waals surface area contributed by atoms with Crippen molar-refractivity contribution in [3.05, 3.63) is 64.5 Å². The second-order valence-corrected chi connectivity index (χ2v) is 9.16. The summed E-state index contributed by atoms with van der Waals surface area (Å²) < 4.78 is 20.8. The highest BCUT2D eigenvalue weighted by molar-refractivity contribution is 9.10. The van der Waals surface area contributed by atoms with Gasteiger partial charge in [0.1, 0.15) is 5.75 Å². The molecule has 1 fully saturated rings. The quantitative estimate of drug-likeness (QED) is 0.431. The van der Waals surface area contributed by atoms with Gasteiger partial charge in [-0.15, -0.1) is 0 Å². The Morgan fingerprint density at radius 2 is 1.97 bits per heavy atom. The molecule has 0 unspecified atom stereocenters. The summed E-state index contributed by atoms with van der Waals surface area (Å²) in [5, 5.41) is 9.31. The number of aromatic nitrogens is 2. The van der Waals surface area contributed by atoms with E-state index in [0.717, 1.165) is 17.6 Å². The number of hydrogen-bond acceptors (Lipinski definition) is 7. The average molecular weight is 529 g/mol. The van der Waals surface area contributed by atoms with Crippen LogP contribution in [0.3, 0.4) is 0 Å². The average Bonchev–Trinajstić information content (AvgIpc) is 2.80. The van der Waals surface area contributed by atoms with Gasteiger partial charge in [-0.2, -0.15) is 4.98 Å². The van der Waals surface area contributed by atoms with Crippen LogP contribution in [0, 0.1) is 5.82 Å². The van der Waals surface area contributed by atoms with Gasteiger partial charge in [-0.1, -0.05) is 22.0 Å². The lowest BCUT2D eigenvalue weighted by atomic mass is 10.1. The van der Waals surface area contributed by atoms with Crippen molar-refractivity contribution in [3.8, 4) is 5.75 Å². The van der Waals surface area contributed by atoms with Crippen LogP contribution in [0.5, 0.6) is 5.75 Å². The molecule has 8 nitrogen and oxygen atoms in total. The summed E-state index contributed by atoms with van der Waals surface area (Å²) in [6.07, 6.45) is 1.17. The molecule has 0 radical (unpaired) electrons. The van der Waals surface area contributed by atoms with E-state index >= 15 is 0 Å². The van der Waals surface area contributed by atoms with Crippen LogP contribution >= 0.6 is 15.9 Å². The van der Waals surface area contributed by atoms with Gasteiger partial charge in [0.05, 0.1) is 19.0 Å². The van der Waals surface area contributed by atoms with Crippen LogP contribution in [0.1, 0.15) is 24.2 Å². The number of methoxy groups -OCH3 is 1. The highest BCUT2D eigenvalue weighted by atomic mass is 79.9. The fraction of sp³-hybridized carbons (Fsp3) is 0.292. The molecule has 1 aromatic heterocycles. The molecule has 2 aromatic carbocycles. The van der Waals surface area contributed by atoms with Crippen LogP contribution in [-0.2, 0) is 0 Å². The number of carbonyl (C=O) groups is 1. The first-order valence-electron chi connectivity index (χ1n) is 10.9. The summed E-state index contributed by atoms with van der Waals surface area (Å²) >= 11 is 3.37. The Labute approximate surface area is 206 Å². The molecule has 1 aliphatic rings. The van der Waals surface area contributed by atoms with E-state index in [2.05, 4.69) is 55.7 Å². The minimum Gasteiger partial charge on any atom is -0.495 e. The minimum absolute atomic E-state index is 0.0540. The summed E-state index contributed by atoms with van der Waals surface area (Å²) in [5.41, 5.74) is 1.47. The topological polar surface area (TPSA) is 91.4 Å². The fourth-order valence-corrected chi connectivity index (χ4v) is 4.33. The Balaban J connectivity index is 1.56. The van der Waals surface area contributed by atoms with E-state index in [1.165, 1.54) is 13.3 Å². The van der Waals surface area contributed by atoms with E-state index in [1.54, 1.807) is 36.4 Å². The normalized spacial score (nSPS) is 17.9. The fourth-order valence-electron chi connectivity index (χ4n) is 3.93. The van der Waals surface area contributed by atoms with E-state index < -0.39 is 5.82 Å². The smallest absolute Gasteiger partial charge is 0.255 e. The molecule has 0 aliphatic carbocycles. The van der Waals surface area contributed by atoms with Gasteiger partial charge in [0.15, 0.2) is 11.6 Å². The number of benzene rings is 2. The zero-order valence-corrected chi connectivity index (χ0v) is 20.7. The monoisotopic (exact) mass is 528 g/mol. The Kier molecular flexibility index (Phi) is 7.28. The number of carbonyl (C=O) groups excluding carboxylic acids is 1. The van der Waals surface area contributed by atoms with Crippen LogP contribution in [-0.4, -0.2) is 48.2 Å². The highest BCUT2D eigenvalue weighted by Crippen LogP contribution is 2.30. The maximum Gasteiger partial charge on any atom is 0.255 e. The molecular formula is C24H26BrFN6O2. The molecule has 0 spiro atoms. The number of anilines is 4. The largest absolute Gasteiger partial charge is 0.495 e. The van der Waals surface area contributed by atoms with Gasteiger partial charge in [0, 0.05) is 40.9 Å². The number of nitrogens with zero attached hydrogens (tertiary/aromatic N) is 3. The minimum atomic E-state index is -0.574. The standard InChI is InChI=1S/C24H26BrFN6O2/c1-14-12-32(13-15(2)28-14)24-27-11-19(26)22(31-24)29-18-7-8-21(34-3)20(10-18)30-23(33)16-5-4-6-17(25)9-16/h4-11,14-15,28H,12-13H2,1-3H3,(H,30,33)(H,27,29,31)/t14-,15+. The van der Waals surface area contributed by atoms with E-state index in [-0.39, 0.29) is 23.8 Å². The SMILES string of the molecule is COc1ccc(Nc2nc(N3C[C@@H](C)N[C@@H](C)C3)ncc2F)cc1NC(=O)c1cccc(Br)c1. The van der Waals surface area contributed by atoms with Gasteiger partial charge >= 0.3 is 0 Å². The van der Waals surface area contributed by atoms with Crippen molar-refractivity contribution in [2.45, 2.75) is 25.9 Å². The van der Waals surface area contributed by atoms with Crippen molar-refractivity contribution in [2.75, 3.05) is 35.7 Å². The first kappa shape index (κ1) is 23.9. The molecule has 34 heavy (non-hydrogen) atoms. The van der Waals surface area contributed by atoms with Crippen LogP contribution in [0.15, 0.2) is 53.1 Å².